The van der Waals surface area contributed by atoms with Crippen LogP contribution in [0.2, 0.25) is 5.02 Å². The van der Waals surface area contributed by atoms with Crippen LogP contribution in [-0.2, 0) is 4.79 Å². The lowest BCUT2D eigenvalue weighted by Crippen LogP contribution is -2.41. The van der Waals surface area contributed by atoms with Gasteiger partial charge in [0.25, 0.3) is 0 Å². The van der Waals surface area contributed by atoms with Crippen molar-refractivity contribution in [2.75, 3.05) is 43.0 Å². The predicted molar refractivity (Wildman–Crippen MR) is 132 cm³/mol. The van der Waals surface area contributed by atoms with Crippen LogP contribution in [0.15, 0.2) is 30.9 Å². The molecule has 12 heteroatoms. The Hall–Kier alpha value is -2.44. The Balaban J connectivity index is 1.28. The van der Waals surface area contributed by atoms with Crippen LogP contribution in [0.5, 0.6) is 0 Å². The Kier molecular flexibility index (Phi) is 7.35. The van der Waals surface area contributed by atoms with E-state index >= 15 is 0 Å². The minimum Gasteiger partial charge on any atom is -0.357 e. The van der Waals surface area contributed by atoms with Crippen LogP contribution in [0.3, 0.4) is 0 Å². The number of carbonyl (C=O) groups is 1. The SMILES string of the molecule is C[C@@H](Nc1cncc(-c2c[nH]c3ncc(Cl)cc23)n1)C(=O)NCCCN1CCS(O)(O)CC1. The largest absolute Gasteiger partial charge is 0.357 e. The molecule has 1 aliphatic heterocycles. The van der Waals surface area contributed by atoms with E-state index in [1.54, 1.807) is 25.5 Å². The zero-order valence-electron chi connectivity index (χ0n) is 18.3. The first-order valence-electron chi connectivity index (χ1n) is 10.8. The predicted octanol–water partition coefficient (Wildman–Crippen LogP) is 3.05. The standard InChI is InChI=1S/C21H28ClN7O3S/c1-14(21(30)24-3-2-4-29-5-7-33(31,32)8-6-29)27-19-13-23-12-18(28-19)17-11-26-20-16(17)9-15(22)10-25-20/h9-14,31-32H,2-8H2,1H3,(H,24,30)(H,25,26)(H,27,28)/t14-/m1/s1. The fourth-order valence-corrected chi connectivity index (χ4v) is 5.16. The van der Waals surface area contributed by atoms with Crippen molar-refractivity contribution in [3.63, 3.8) is 0 Å². The number of rotatable bonds is 8. The van der Waals surface area contributed by atoms with Gasteiger partial charge < -0.3 is 20.5 Å². The second-order valence-corrected chi connectivity index (χ2v) is 11.0. The monoisotopic (exact) mass is 493 g/mol. The fraction of sp³-hybridized carbons (Fsp3) is 0.429. The summed E-state index contributed by atoms with van der Waals surface area (Å²) in [6, 6.07) is 1.33. The second-order valence-electron chi connectivity index (χ2n) is 8.10. The number of nitrogens with zero attached hydrogens (tertiary/aromatic N) is 4. The number of hydrogen-bond donors (Lipinski definition) is 5. The molecule has 10 nitrogen and oxygen atoms in total. The van der Waals surface area contributed by atoms with E-state index in [-0.39, 0.29) is 5.91 Å². The second kappa shape index (κ2) is 10.2. The van der Waals surface area contributed by atoms with Crippen molar-refractivity contribution < 1.29 is 13.9 Å². The molecule has 4 rings (SSSR count). The van der Waals surface area contributed by atoms with Crippen molar-refractivity contribution in [2.24, 2.45) is 0 Å². The van der Waals surface area contributed by atoms with Crippen molar-refractivity contribution >= 4 is 44.9 Å². The van der Waals surface area contributed by atoms with Crippen LogP contribution < -0.4 is 10.6 Å². The molecule has 1 aliphatic rings. The highest BCUT2D eigenvalue weighted by molar-refractivity contribution is 8.24. The van der Waals surface area contributed by atoms with Crippen LogP contribution >= 0.6 is 22.2 Å². The smallest absolute Gasteiger partial charge is 0.242 e. The zero-order chi connectivity index (χ0) is 23.4. The number of hydrogen-bond acceptors (Lipinski definition) is 8. The zero-order valence-corrected chi connectivity index (χ0v) is 19.9. The van der Waals surface area contributed by atoms with Crippen molar-refractivity contribution in [3.05, 3.63) is 35.9 Å². The molecular formula is C21H28ClN7O3S. The summed E-state index contributed by atoms with van der Waals surface area (Å²) in [7, 11) is -2.37. The molecule has 3 aromatic heterocycles. The summed E-state index contributed by atoms with van der Waals surface area (Å²) in [6.45, 7) is 4.50. The molecule has 0 spiro atoms. The molecule has 1 atom stereocenters. The minimum absolute atomic E-state index is 0.127. The molecule has 1 amide bonds. The van der Waals surface area contributed by atoms with Gasteiger partial charge in [-0.05, 0) is 26.0 Å². The lowest BCUT2D eigenvalue weighted by molar-refractivity contribution is -0.121. The number of pyridine rings is 1. The average molecular weight is 494 g/mol. The number of nitrogens with one attached hydrogen (secondary N) is 3. The van der Waals surface area contributed by atoms with E-state index in [0.717, 1.165) is 23.9 Å². The van der Waals surface area contributed by atoms with E-state index in [0.29, 0.717) is 53.3 Å². The van der Waals surface area contributed by atoms with E-state index in [2.05, 4.69) is 35.5 Å². The third-order valence-corrected chi connectivity index (χ3v) is 7.46. The molecule has 0 unspecified atom stereocenters. The topological polar surface area (TPSA) is 139 Å². The van der Waals surface area contributed by atoms with Gasteiger partial charge in [0.1, 0.15) is 17.5 Å². The maximum absolute atomic E-state index is 12.5. The molecule has 0 aliphatic carbocycles. The number of fused-ring (bicyclic) bond motifs is 1. The Morgan fingerprint density at radius 3 is 2.88 bits per heavy atom. The lowest BCUT2D eigenvalue weighted by atomic mass is 10.1. The van der Waals surface area contributed by atoms with Gasteiger partial charge in [-0.25, -0.2) is 9.97 Å². The molecule has 0 radical (unpaired) electrons. The number of aromatic amines is 1. The lowest BCUT2D eigenvalue weighted by Gasteiger charge is -2.41. The molecule has 33 heavy (non-hydrogen) atoms. The maximum Gasteiger partial charge on any atom is 0.242 e. The molecule has 1 fully saturated rings. The van der Waals surface area contributed by atoms with E-state index in [9.17, 15) is 13.9 Å². The summed E-state index contributed by atoms with van der Waals surface area (Å²) in [5, 5.41) is 7.42. The molecule has 1 saturated heterocycles. The normalized spacial score (nSPS) is 18.1. The van der Waals surface area contributed by atoms with Gasteiger partial charge in [0.15, 0.2) is 0 Å². The fourth-order valence-electron chi connectivity index (χ4n) is 3.70. The van der Waals surface area contributed by atoms with E-state index in [4.69, 9.17) is 11.6 Å². The Bertz CT molecular complexity index is 1120. The molecule has 3 aromatic rings. The van der Waals surface area contributed by atoms with Crippen LogP contribution in [0.4, 0.5) is 5.82 Å². The molecule has 0 saturated carbocycles. The first-order chi connectivity index (χ1) is 15.8. The number of aromatic nitrogens is 4. The molecule has 178 valence electrons. The van der Waals surface area contributed by atoms with Gasteiger partial charge in [0, 0.05) is 43.0 Å². The Labute approximate surface area is 198 Å². The van der Waals surface area contributed by atoms with Gasteiger partial charge in [-0.15, -0.1) is 0 Å². The average Bonchev–Trinajstić information content (AvgIpc) is 3.20. The van der Waals surface area contributed by atoms with Gasteiger partial charge in [-0.2, -0.15) is 10.6 Å². The number of amides is 1. The van der Waals surface area contributed by atoms with Crippen molar-refractivity contribution in [1.29, 1.82) is 0 Å². The summed E-state index contributed by atoms with van der Waals surface area (Å²) in [5.74, 6) is 1.23. The van der Waals surface area contributed by atoms with Gasteiger partial charge >= 0.3 is 0 Å². The number of carbonyl (C=O) groups excluding carboxylic acids is 1. The Morgan fingerprint density at radius 1 is 1.30 bits per heavy atom. The molecular weight excluding hydrogens is 466 g/mol. The minimum atomic E-state index is -2.37. The van der Waals surface area contributed by atoms with Crippen LogP contribution in [0.1, 0.15) is 13.3 Å². The quantitative estimate of drug-likeness (QED) is 0.302. The highest BCUT2D eigenvalue weighted by Gasteiger charge is 2.21. The number of H-pyrrole nitrogens is 1. The molecule has 4 heterocycles. The summed E-state index contributed by atoms with van der Waals surface area (Å²) >= 11 is 6.09. The first kappa shape index (κ1) is 23.7. The molecule has 0 bridgehead atoms. The molecule has 5 N–H and O–H groups in total. The van der Waals surface area contributed by atoms with Gasteiger partial charge in [0.2, 0.25) is 5.91 Å². The first-order valence-corrected chi connectivity index (χ1v) is 13.0. The van der Waals surface area contributed by atoms with E-state index < -0.39 is 16.6 Å². The van der Waals surface area contributed by atoms with E-state index in [1.807, 2.05) is 12.3 Å². The summed E-state index contributed by atoms with van der Waals surface area (Å²) < 4.78 is 19.4. The summed E-state index contributed by atoms with van der Waals surface area (Å²) in [4.78, 5) is 30.9. The van der Waals surface area contributed by atoms with Crippen LogP contribution in [-0.4, -0.2) is 83.6 Å². The van der Waals surface area contributed by atoms with Crippen molar-refractivity contribution in [2.45, 2.75) is 19.4 Å². The maximum atomic E-state index is 12.5. The van der Waals surface area contributed by atoms with Crippen molar-refractivity contribution in [3.8, 4) is 11.3 Å². The third kappa shape index (κ3) is 6.12. The van der Waals surface area contributed by atoms with Crippen LogP contribution in [0, 0.1) is 0 Å². The van der Waals surface area contributed by atoms with Crippen molar-refractivity contribution in [1.82, 2.24) is 30.2 Å². The summed E-state index contributed by atoms with van der Waals surface area (Å²) in [5.41, 5.74) is 2.17. The highest BCUT2D eigenvalue weighted by Crippen LogP contribution is 2.40. The third-order valence-electron chi connectivity index (χ3n) is 5.59. The summed E-state index contributed by atoms with van der Waals surface area (Å²) in [6.07, 6.45) is 7.41. The highest BCUT2D eigenvalue weighted by atomic mass is 35.5. The van der Waals surface area contributed by atoms with Crippen LogP contribution in [0.25, 0.3) is 22.3 Å². The number of halogens is 1. The Morgan fingerprint density at radius 2 is 2.09 bits per heavy atom. The molecule has 0 aromatic carbocycles. The van der Waals surface area contributed by atoms with Gasteiger partial charge in [-0.3, -0.25) is 18.9 Å². The van der Waals surface area contributed by atoms with Gasteiger partial charge in [-0.1, -0.05) is 11.6 Å². The van der Waals surface area contributed by atoms with Gasteiger partial charge in [0.05, 0.1) is 34.6 Å². The van der Waals surface area contributed by atoms with E-state index in [1.165, 1.54) is 0 Å². The number of anilines is 1.